The molecule has 2 aromatic carbocycles. The summed E-state index contributed by atoms with van der Waals surface area (Å²) in [5.74, 6) is -0.489. The molecule has 1 aromatic heterocycles. The average Bonchev–Trinajstić information content (AvgIpc) is 2.51. The molecule has 0 aliphatic rings. The number of sulfone groups is 1. The van der Waals surface area contributed by atoms with Crippen LogP contribution in [0.25, 0.3) is 10.9 Å². The highest BCUT2D eigenvalue weighted by atomic mass is 32.2. The van der Waals surface area contributed by atoms with Crippen molar-refractivity contribution in [1.82, 2.24) is 4.57 Å². The van der Waals surface area contributed by atoms with Crippen molar-refractivity contribution in [3.63, 3.8) is 0 Å². The molecule has 0 atom stereocenters. The number of benzene rings is 2. The molecule has 1 N–H and O–H groups in total. The van der Waals surface area contributed by atoms with Crippen LogP contribution in [0.1, 0.15) is 5.56 Å². The van der Waals surface area contributed by atoms with Gasteiger partial charge < -0.3 is 9.67 Å². The Bertz CT molecular complexity index is 1040. The molecular weight excluding hydrogens is 314 g/mol. The third-order valence-corrected chi connectivity index (χ3v) is 4.77. The smallest absolute Gasteiger partial charge is 0.274 e. The van der Waals surface area contributed by atoms with Gasteiger partial charge in [-0.2, -0.15) is 0 Å². The van der Waals surface area contributed by atoms with Crippen molar-refractivity contribution in [3.8, 4) is 5.75 Å². The lowest BCUT2D eigenvalue weighted by atomic mass is 10.1. The van der Waals surface area contributed by atoms with Crippen LogP contribution in [0.15, 0.2) is 64.3 Å². The minimum Gasteiger partial charge on any atom is -0.506 e. The molecule has 0 aliphatic carbocycles. The van der Waals surface area contributed by atoms with Gasteiger partial charge in [-0.3, -0.25) is 4.79 Å². The molecule has 0 saturated carbocycles. The van der Waals surface area contributed by atoms with E-state index >= 15 is 0 Å². The maximum Gasteiger partial charge on any atom is 0.274 e. The Morgan fingerprint density at radius 3 is 2.26 bits per heavy atom. The summed E-state index contributed by atoms with van der Waals surface area (Å²) in [4.78, 5) is 12.1. The third kappa shape index (κ3) is 2.73. The van der Waals surface area contributed by atoms with E-state index in [2.05, 4.69) is 0 Å². The molecule has 0 spiro atoms. The molecule has 3 aromatic rings. The second-order valence-corrected chi connectivity index (χ2v) is 7.30. The van der Waals surface area contributed by atoms with E-state index in [9.17, 15) is 18.3 Å². The predicted octanol–water partition coefficient (Wildman–Crippen LogP) is 2.16. The summed E-state index contributed by atoms with van der Waals surface area (Å²) in [5, 5.41) is 10.6. The molecule has 0 amide bonds. The number of pyridine rings is 1. The Hall–Kier alpha value is -2.60. The monoisotopic (exact) mass is 329 g/mol. The molecule has 3 rings (SSSR count). The van der Waals surface area contributed by atoms with Gasteiger partial charge in [0.25, 0.3) is 5.56 Å². The van der Waals surface area contributed by atoms with E-state index in [4.69, 9.17) is 0 Å². The maximum atomic E-state index is 12.7. The van der Waals surface area contributed by atoms with Gasteiger partial charge in [-0.1, -0.05) is 42.5 Å². The van der Waals surface area contributed by atoms with E-state index in [0.29, 0.717) is 10.9 Å². The minimum atomic E-state index is -3.85. The van der Waals surface area contributed by atoms with Crippen LogP contribution in [0, 0.1) is 0 Å². The Morgan fingerprint density at radius 1 is 1.00 bits per heavy atom. The van der Waals surface area contributed by atoms with E-state index in [1.54, 1.807) is 24.3 Å². The van der Waals surface area contributed by atoms with Gasteiger partial charge in [0.2, 0.25) is 0 Å². The fourth-order valence-electron chi connectivity index (χ4n) is 2.62. The van der Waals surface area contributed by atoms with Crippen LogP contribution in [-0.2, 0) is 16.4 Å². The zero-order chi connectivity index (χ0) is 16.6. The van der Waals surface area contributed by atoms with E-state index in [1.165, 1.54) is 4.57 Å². The number of para-hydroxylation sites is 1. The SMILES string of the molecule is CS(=O)(=O)c1c(O)c2ccccc2n(Cc2ccccc2)c1=O. The molecule has 0 radical (unpaired) electrons. The topological polar surface area (TPSA) is 76.4 Å². The first-order valence-corrected chi connectivity index (χ1v) is 8.87. The molecule has 23 heavy (non-hydrogen) atoms. The van der Waals surface area contributed by atoms with Gasteiger partial charge in [-0.25, -0.2) is 8.42 Å². The van der Waals surface area contributed by atoms with Crippen molar-refractivity contribution in [3.05, 3.63) is 70.5 Å². The van der Waals surface area contributed by atoms with Gasteiger partial charge in [0.1, 0.15) is 5.75 Å². The van der Waals surface area contributed by atoms with Crippen molar-refractivity contribution in [2.24, 2.45) is 0 Å². The molecule has 0 unspecified atom stereocenters. The second-order valence-electron chi connectivity index (χ2n) is 5.34. The third-order valence-electron chi connectivity index (χ3n) is 3.66. The quantitative estimate of drug-likeness (QED) is 0.799. The lowest BCUT2D eigenvalue weighted by molar-refractivity contribution is 0.460. The molecule has 0 fully saturated rings. The summed E-state index contributed by atoms with van der Waals surface area (Å²) in [6, 6.07) is 16.0. The van der Waals surface area contributed by atoms with Gasteiger partial charge in [-0.15, -0.1) is 0 Å². The normalized spacial score (nSPS) is 11.7. The number of aromatic nitrogens is 1. The van der Waals surface area contributed by atoms with Gasteiger partial charge >= 0.3 is 0 Å². The van der Waals surface area contributed by atoms with Crippen LogP contribution in [-0.4, -0.2) is 24.3 Å². The second kappa shape index (κ2) is 5.55. The fourth-order valence-corrected chi connectivity index (χ4v) is 3.51. The molecule has 0 saturated heterocycles. The lowest BCUT2D eigenvalue weighted by Gasteiger charge is -2.14. The van der Waals surface area contributed by atoms with Crippen molar-refractivity contribution in [2.75, 3.05) is 6.26 Å². The van der Waals surface area contributed by atoms with Crippen LogP contribution >= 0.6 is 0 Å². The van der Waals surface area contributed by atoms with Crippen LogP contribution in [0.4, 0.5) is 0 Å². The first-order valence-electron chi connectivity index (χ1n) is 6.98. The highest BCUT2D eigenvalue weighted by molar-refractivity contribution is 7.90. The Balaban J connectivity index is 2.39. The van der Waals surface area contributed by atoms with Crippen LogP contribution in [0.2, 0.25) is 0 Å². The van der Waals surface area contributed by atoms with Gasteiger partial charge in [0.15, 0.2) is 14.7 Å². The van der Waals surface area contributed by atoms with Gasteiger partial charge in [0.05, 0.1) is 12.1 Å². The largest absolute Gasteiger partial charge is 0.506 e. The van der Waals surface area contributed by atoms with Gasteiger partial charge in [0, 0.05) is 11.6 Å². The number of hydrogen-bond donors (Lipinski definition) is 1. The van der Waals surface area contributed by atoms with Gasteiger partial charge in [-0.05, 0) is 17.7 Å². The van der Waals surface area contributed by atoms with Crippen LogP contribution in [0.3, 0.4) is 0 Å². The van der Waals surface area contributed by atoms with Crippen molar-refractivity contribution < 1.29 is 13.5 Å². The van der Waals surface area contributed by atoms with Crippen molar-refractivity contribution in [1.29, 1.82) is 0 Å². The lowest BCUT2D eigenvalue weighted by Crippen LogP contribution is -2.26. The van der Waals surface area contributed by atoms with Crippen LogP contribution < -0.4 is 5.56 Å². The molecule has 5 nitrogen and oxygen atoms in total. The number of fused-ring (bicyclic) bond motifs is 1. The van der Waals surface area contributed by atoms with E-state index in [0.717, 1.165) is 11.8 Å². The molecule has 118 valence electrons. The molecule has 1 heterocycles. The summed E-state index contributed by atoms with van der Waals surface area (Å²) in [7, 11) is -3.85. The Morgan fingerprint density at radius 2 is 1.61 bits per heavy atom. The molecule has 0 bridgehead atoms. The molecule has 6 heteroatoms. The molecular formula is C17H15NO4S. The zero-order valence-electron chi connectivity index (χ0n) is 12.4. The van der Waals surface area contributed by atoms with Crippen molar-refractivity contribution in [2.45, 2.75) is 11.4 Å². The fraction of sp³-hybridized carbons (Fsp3) is 0.118. The maximum absolute atomic E-state index is 12.7. The highest BCUT2D eigenvalue weighted by Crippen LogP contribution is 2.29. The van der Waals surface area contributed by atoms with E-state index in [-0.39, 0.29) is 6.54 Å². The predicted molar refractivity (Wildman–Crippen MR) is 88.5 cm³/mol. The highest BCUT2D eigenvalue weighted by Gasteiger charge is 2.23. The van der Waals surface area contributed by atoms with E-state index in [1.807, 2.05) is 30.3 Å². The zero-order valence-corrected chi connectivity index (χ0v) is 13.2. The van der Waals surface area contributed by atoms with E-state index < -0.39 is 26.0 Å². The summed E-state index contributed by atoms with van der Waals surface area (Å²) >= 11 is 0. The number of hydrogen-bond acceptors (Lipinski definition) is 4. The minimum absolute atomic E-state index is 0.225. The molecule has 0 aliphatic heterocycles. The van der Waals surface area contributed by atoms with Crippen LogP contribution in [0.5, 0.6) is 5.75 Å². The Kier molecular flexibility index (Phi) is 3.69. The van der Waals surface area contributed by atoms with Crippen molar-refractivity contribution >= 4 is 20.7 Å². The standard InChI is InChI=1S/C17H15NO4S/c1-23(21,22)16-15(19)13-9-5-6-10-14(13)18(17(16)20)11-12-7-3-2-4-8-12/h2-10,19H,11H2,1H3. The first kappa shape index (κ1) is 15.3. The summed E-state index contributed by atoms with van der Waals surface area (Å²) in [5.41, 5.74) is 0.642. The Labute approximate surface area is 133 Å². The summed E-state index contributed by atoms with van der Waals surface area (Å²) < 4.78 is 25.3. The number of rotatable bonds is 3. The summed E-state index contributed by atoms with van der Waals surface area (Å²) in [6.45, 7) is 0.225. The first-order chi connectivity index (χ1) is 10.9. The number of aromatic hydroxyl groups is 1. The summed E-state index contributed by atoms with van der Waals surface area (Å²) in [6.07, 6.45) is 0.922. The average molecular weight is 329 g/mol. The number of nitrogens with zero attached hydrogens (tertiary/aromatic N) is 1.